The first-order chi connectivity index (χ1) is 20.4. The average molecular weight is 557 g/mol. The number of aromatic hydroxyl groups is 4. The first kappa shape index (κ1) is 27.4. The molecular weight excluding hydrogens is 532 g/mol. The summed E-state index contributed by atoms with van der Waals surface area (Å²) in [7, 11) is 0. The Morgan fingerprint density at radius 3 is 0.762 bits per heavy atom. The van der Waals surface area contributed by atoms with Crippen molar-refractivity contribution in [3.05, 3.63) is 119 Å². The summed E-state index contributed by atoms with van der Waals surface area (Å²) in [6.07, 6.45) is 19.5. The van der Waals surface area contributed by atoms with E-state index in [0.717, 1.165) is 0 Å². The van der Waals surface area contributed by atoms with E-state index in [0.29, 0.717) is 45.6 Å². The van der Waals surface area contributed by atoms with Gasteiger partial charge in [0.2, 0.25) is 0 Å². The highest BCUT2D eigenvalue weighted by molar-refractivity contribution is 5.80. The Morgan fingerprint density at radius 1 is 0.333 bits per heavy atom. The fourth-order valence-electron chi connectivity index (χ4n) is 3.62. The minimum absolute atomic E-state index is 0.0616. The van der Waals surface area contributed by atoms with Crippen molar-refractivity contribution in [2.45, 2.75) is 0 Å². The molecule has 5 heterocycles. The third-order valence-electron chi connectivity index (χ3n) is 5.74. The highest BCUT2D eigenvalue weighted by Gasteiger charge is 2.09. The molecule has 42 heavy (non-hydrogen) atoms. The molecule has 0 aliphatic carbocycles. The molecule has 4 N–H and O–H groups in total. The van der Waals surface area contributed by atoms with Crippen molar-refractivity contribution >= 4 is 48.6 Å². The van der Waals surface area contributed by atoms with Crippen LogP contribution < -0.4 is 0 Å². The molecule has 0 spiro atoms. The number of pyridine rings is 4. The van der Waals surface area contributed by atoms with E-state index in [1.165, 1.54) is 24.8 Å². The highest BCUT2D eigenvalue weighted by Crippen LogP contribution is 2.21. The van der Waals surface area contributed by atoms with Crippen molar-refractivity contribution < 1.29 is 20.4 Å². The Bertz CT molecular complexity index is 1520. The third kappa shape index (κ3) is 7.48. The van der Waals surface area contributed by atoms with Crippen LogP contribution in [0.25, 0.3) is 48.6 Å². The minimum atomic E-state index is 0.0616. The summed E-state index contributed by atoms with van der Waals surface area (Å²) in [5.41, 5.74) is 4.54. The largest absolute Gasteiger partial charge is 0.506 e. The molecule has 0 saturated heterocycles. The maximum atomic E-state index is 9.57. The van der Waals surface area contributed by atoms with E-state index in [-0.39, 0.29) is 23.0 Å². The maximum absolute atomic E-state index is 9.57. The molecule has 0 bridgehead atoms. The Labute approximate surface area is 240 Å². The van der Waals surface area contributed by atoms with Gasteiger partial charge in [-0.05, 0) is 97.1 Å². The Hall–Kier alpha value is -6.16. The molecule has 10 nitrogen and oxygen atoms in total. The number of nitrogens with zero attached hydrogens (tertiary/aromatic N) is 6. The van der Waals surface area contributed by atoms with Gasteiger partial charge in [-0.3, -0.25) is 19.9 Å². The smallest absolute Gasteiger partial charge is 0.133 e. The first-order valence-electron chi connectivity index (χ1n) is 12.7. The minimum Gasteiger partial charge on any atom is -0.506 e. The van der Waals surface area contributed by atoms with Gasteiger partial charge in [0.15, 0.2) is 0 Å². The van der Waals surface area contributed by atoms with Crippen molar-refractivity contribution in [3.63, 3.8) is 0 Å². The molecular formula is C32H24N6O4. The average Bonchev–Trinajstić information content (AvgIpc) is 3.00. The van der Waals surface area contributed by atoms with E-state index in [9.17, 15) is 20.4 Å². The molecule has 5 aromatic rings. The first-order valence-corrected chi connectivity index (χ1v) is 12.7. The zero-order valence-corrected chi connectivity index (χ0v) is 22.0. The lowest BCUT2D eigenvalue weighted by Crippen LogP contribution is -2.00. The maximum Gasteiger partial charge on any atom is 0.133 e. The van der Waals surface area contributed by atoms with Gasteiger partial charge in [-0.25, -0.2) is 9.97 Å². The summed E-state index contributed by atoms with van der Waals surface area (Å²) in [6.45, 7) is 0. The highest BCUT2D eigenvalue weighted by atomic mass is 16.3. The van der Waals surface area contributed by atoms with Gasteiger partial charge in [-0.15, -0.1) is 0 Å². The monoisotopic (exact) mass is 556 g/mol. The fraction of sp³-hybridized carbons (Fsp3) is 0. The number of hydrogen-bond donors (Lipinski definition) is 4. The lowest BCUT2D eigenvalue weighted by molar-refractivity contribution is 0.472. The number of rotatable bonds is 8. The van der Waals surface area contributed by atoms with Crippen LogP contribution >= 0.6 is 0 Å². The van der Waals surface area contributed by atoms with Crippen LogP contribution in [0.5, 0.6) is 23.0 Å². The fourth-order valence-corrected chi connectivity index (χ4v) is 3.62. The van der Waals surface area contributed by atoms with Gasteiger partial charge < -0.3 is 20.4 Å². The molecule has 0 fully saturated rings. The zero-order chi connectivity index (χ0) is 29.3. The summed E-state index contributed by atoms with van der Waals surface area (Å²) < 4.78 is 0. The van der Waals surface area contributed by atoms with E-state index in [2.05, 4.69) is 19.9 Å². The van der Waals surface area contributed by atoms with Gasteiger partial charge in [-0.2, -0.15) is 0 Å². The molecule has 10 heteroatoms. The van der Waals surface area contributed by atoms with Gasteiger partial charge in [0.05, 0.1) is 70.3 Å². The van der Waals surface area contributed by atoms with Crippen molar-refractivity contribution in [1.82, 2.24) is 29.9 Å². The molecule has 5 aromatic heterocycles. The molecule has 0 saturated carbocycles. The van der Waals surface area contributed by atoms with Crippen LogP contribution in [0.4, 0.5) is 0 Å². The van der Waals surface area contributed by atoms with Gasteiger partial charge in [0, 0.05) is 0 Å². The second-order valence-electron chi connectivity index (χ2n) is 8.86. The van der Waals surface area contributed by atoms with Crippen LogP contribution in [0.1, 0.15) is 45.6 Å². The summed E-state index contributed by atoms with van der Waals surface area (Å²) in [6, 6.07) is 12.9. The standard InChI is InChI=1S/C32H24N6O4/c39-25-9-1-21(33-17-25)5-13-29-30(14-6-22-2-10-26(40)18-34-22)38-32(16-8-24-4-12-28(42)20-36-24)31(37-29)15-7-23-3-11-27(41)19-35-23/h1-20,39-42H. The Balaban J connectivity index is 1.60. The van der Waals surface area contributed by atoms with Crippen LogP contribution in [0, 0.1) is 0 Å². The molecule has 0 aliphatic heterocycles. The van der Waals surface area contributed by atoms with Crippen molar-refractivity contribution in [2.75, 3.05) is 0 Å². The molecule has 0 amide bonds. The molecule has 0 radical (unpaired) electrons. The summed E-state index contributed by atoms with van der Waals surface area (Å²) >= 11 is 0. The molecule has 206 valence electrons. The van der Waals surface area contributed by atoms with Crippen molar-refractivity contribution in [2.24, 2.45) is 0 Å². The van der Waals surface area contributed by atoms with E-state index < -0.39 is 0 Å². The molecule has 0 aliphatic rings. The number of aromatic nitrogens is 6. The van der Waals surface area contributed by atoms with Crippen molar-refractivity contribution in [1.29, 1.82) is 0 Å². The normalized spacial score (nSPS) is 11.8. The van der Waals surface area contributed by atoms with E-state index in [1.807, 2.05) is 0 Å². The van der Waals surface area contributed by atoms with Gasteiger partial charge in [0.25, 0.3) is 0 Å². The van der Waals surface area contributed by atoms with Crippen LogP contribution in [0.15, 0.2) is 73.3 Å². The van der Waals surface area contributed by atoms with Crippen LogP contribution in [-0.2, 0) is 0 Å². The second kappa shape index (κ2) is 12.8. The Kier molecular flexibility index (Phi) is 8.35. The lowest BCUT2D eigenvalue weighted by atomic mass is 10.1. The van der Waals surface area contributed by atoms with Crippen LogP contribution in [0.3, 0.4) is 0 Å². The molecule has 0 aromatic carbocycles. The molecule has 0 unspecified atom stereocenters. The topological polar surface area (TPSA) is 158 Å². The summed E-state index contributed by atoms with van der Waals surface area (Å²) in [5, 5.41) is 38.3. The SMILES string of the molecule is Oc1ccc(C=Cc2nc(C=Cc3ccc(O)cn3)c(C=Cc3ccc(O)cn3)nc2C=Cc2ccc(O)cn2)nc1. The predicted molar refractivity (Wildman–Crippen MR) is 161 cm³/mol. The van der Waals surface area contributed by atoms with E-state index in [1.54, 1.807) is 97.1 Å². The summed E-state index contributed by atoms with van der Waals surface area (Å²) in [5.74, 6) is 0.246. The van der Waals surface area contributed by atoms with Crippen LogP contribution in [0.2, 0.25) is 0 Å². The Morgan fingerprint density at radius 2 is 0.571 bits per heavy atom. The second-order valence-corrected chi connectivity index (χ2v) is 8.86. The lowest BCUT2D eigenvalue weighted by Gasteiger charge is -2.07. The quantitative estimate of drug-likeness (QED) is 0.191. The van der Waals surface area contributed by atoms with Crippen molar-refractivity contribution in [3.8, 4) is 23.0 Å². The van der Waals surface area contributed by atoms with Gasteiger partial charge in [0.1, 0.15) is 23.0 Å². The van der Waals surface area contributed by atoms with E-state index in [4.69, 9.17) is 9.97 Å². The summed E-state index contributed by atoms with van der Waals surface area (Å²) in [4.78, 5) is 26.6. The molecule has 0 atom stereocenters. The van der Waals surface area contributed by atoms with Crippen LogP contribution in [-0.4, -0.2) is 50.3 Å². The molecule has 5 rings (SSSR count). The van der Waals surface area contributed by atoms with Gasteiger partial charge >= 0.3 is 0 Å². The predicted octanol–water partition coefficient (Wildman–Crippen LogP) is 5.56. The third-order valence-corrected chi connectivity index (χ3v) is 5.74. The number of hydrogen-bond acceptors (Lipinski definition) is 10. The van der Waals surface area contributed by atoms with E-state index >= 15 is 0 Å². The van der Waals surface area contributed by atoms with Gasteiger partial charge in [-0.1, -0.05) is 0 Å². The zero-order valence-electron chi connectivity index (χ0n) is 22.0.